The van der Waals surface area contributed by atoms with E-state index in [1.165, 1.54) is 16.7 Å². The van der Waals surface area contributed by atoms with Crippen LogP contribution in [0.25, 0.3) is 0 Å². The van der Waals surface area contributed by atoms with Crippen LogP contribution in [0.4, 0.5) is 0 Å². The van der Waals surface area contributed by atoms with Crippen LogP contribution in [0.1, 0.15) is 47.6 Å². The molecule has 0 saturated heterocycles. The van der Waals surface area contributed by atoms with Crippen molar-refractivity contribution in [2.45, 2.75) is 39.8 Å². The zero-order chi connectivity index (χ0) is 13.1. The molecule has 2 atom stereocenters. The van der Waals surface area contributed by atoms with E-state index in [0.29, 0.717) is 12.1 Å². The number of thiazole rings is 1. The average Bonchev–Trinajstić information content (AvgIpc) is 2.85. The van der Waals surface area contributed by atoms with Crippen molar-refractivity contribution in [3.8, 4) is 0 Å². The molecule has 0 aliphatic heterocycles. The maximum absolute atomic E-state index is 4.36. The molecule has 1 heterocycles. The van der Waals surface area contributed by atoms with E-state index >= 15 is 0 Å². The van der Waals surface area contributed by atoms with E-state index < -0.39 is 0 Å². The molecule has 3 heteroatoms. The van der Waals surface area contributed by atoms with E-state index in [0.717, 1.165) is 5.01 Å². The Morgan fingerprint density at radius 2 is 1.94 bits per heavy atom. The second-order valence-corrected chi connectivity index (χ2v) is 5.77. The van der Waals surface area contributed by atoms with Crippen LogP contribution in [0.15, 0.2) is 29.8 Å². The standard InChI is InChI=1S/C15H20N2S/c1-10-5-6-11(2)14(9-10)12(3)17-13(4)15-16-7-8-18-15/h5-9,12-13,17H,1-4H3. The van der Waals surface area contributed by atoms with Crippen molar-refractivity contribution in [3.63, 3.8) is 0 Å². The fourth-order valence-electron chi connectivity index (χ4n) is 2.21. The molecule has 0 saturated carbocycles. The van der Waals surface area contributed by atoms with Crippen LogP contribution in [-0.4, -0.2) is 4.98 Å². The summed E-state index contributed by atoms with van der Waals surface area (Å²) in [5.74, 6) is 0. The molecule has 0 aliphatic carbocycles. The van der Waals surface area contributed by atoms with Gasteiger partial charge in [-0.2, -0.15) is 0 Å². The first-order valence-electron chi connectivity index (χ1n) is 6.30. The van der Waals surface area contributed by atoms with Crippen molar-refractivity contribution in [2.75, 3.05) is 0 Å². The molecule has 2 rings (SSSR count). The Kier molecular flexibility index (Phi) is 4.15. The molecule has 96 valence electrons. The van der Waals surface area contributed by atoms with Crippen LogP contribution in [0.3, 0.4) is 0 Å². The summed E-state index contributed by atoms with van der Waals surface area (Å²) >= 11 is 1.70. The first kappa shape index (κ1) is 13.2. The first-order chi connectivity index (χ1) is 8.58. The summed E-state index contributed by atoms with van der Waals surface area (Å²) in [6, 6.07) is 7.25. The lowest BCUT2D eigenvalue weighted by Gasteiger charge is -2.21. The van der Waals surface area contributed by atoms with Gasteiger partial charge in [0.25, 0.3) is 0 Å². The SMILES string of the molecule is Cc1ccc(C)c(C(C)NC(C)c2nccs2)c1. The zero-order valence-corrected chi connectivity index (χ0v) is 12.2. The molecule has 18 heavy (non-hydrogen) atoms. The van der Waals surface area contributed by atoms with Gasteiger partial charge in [-0.15, -0.1) is 11.3 Å². The van der Waals surface area contributed by atoms with Crippen molar-refractivity contribution in [2.24, 2.45) is 0 Å². The monoisotopic (exact) mass is 260 g/mol. The Bertz CT molecular complexity index is 505. The van der Waals surface area contributed by atoms with Crippen LogP contribution in [0, 0.1) is 13.8 Å². The maximum atomic E-state index is 4.36. The van der Waals surface area contributed by atoms with Gasteiger partial charge in [-0.25, -0.2) is 4.98 Å². The largest absolute Gasteiger partial charge is 0.302 e. The summed E-state index contributed by atoms with van der Waals surface area (Å²) in [5.41, 5.74) is 4.02. The van der Waals surface area contributed by atoms with Gasteiger partial charge in [-0.3, -0.25) is 0 Å². The molecule has 0 radical (unpaired) electrons. The number of hydrogen-bond donors (Lipinski definition) is 1. The fourth-order valence-corrected chi connectivity index (χ4v) is 2.87. The van der Waals surface area contributed by atoms with Crippen LogP contribution >= 0.6 is 11.3 Å². The number of nitrogens with one attached hydrogen (secondary N) is 1. The van der Waals surface area contributed by atoms with Gasteiger partial charge in [-0.1, -0.05) is 23.8 Å². The second-order valence-electron chi connectivity index (χ2n) is 4.84. The van der Waals surface area contributed by atoms with Crippen molar-refractivity contribution in [3.05, 3.63) is 51.5 Å². The lowest BCUT2D eigenvalue weighted by Crippen LogP contribution is -2.23. The number of nitrogens with zero attached hydrogens (tertiary/aromatic N) is 1. The van der Waals surface area contributed by atoms with Crippen molar-refractivity contribution in [1.82, 2.24) is 10.3 Å². The van der Waals surface area contributed by atoms with Crippen LogP contribution in [-0.2, 0) is 0 Å². The van der Waals surface area contributed by atoms with Gasteiger partial charge in [-0.05, 0) is 38.8 Å². The third-order valence-corrected chi connectivity index (χ3v) is 4.18. The Morgan fingerprint density at radius 1 is 1.17 bits per heavy atom. The van der Waals surface area contributed by atoms with Gasteiger partial charge in [0.05, 0.1) is 6.04 Å². The third-order valence-electron chi connectivity index (χ3n) is 3.22. The summed E-state index contributed by atoms with van der Waals surface area (Å²) in [5, 5.41) is 6.78. The minimum absolute atomic E-state index is 0.292. The van der Waals surface area contributed by atoms with Crippen molar-refractivity contribution >= 4 is 11.3 Å². The maximum Gasteiger partial charge on any atom is 0.109 e. The van der Waals surface area contributed by atoms with Gasteiger partial charge in [0.2, 0.25) is 0 Å². The Balaban J connectivity index is 2.12. The molecule has 1 aromatic heterocycles. The molecule has 0 amide bonds. The average molecular weight is 260 g/mol. The highest BCUT2D eigenvalue weighted by atomic mass is 32.1. The molecule has 0 bridgehead atoms. The number of aromatic nitrogens is 1. The fraction of sp³-hybridized carbons (Fsp3) is 0.400. The van der Waals surface area contributed by atoms with Gasteiger partial charge in [0.1, 0.15) is 5.01 Å². The van der Waals surface area contributed by atoms with Crippen molar-refractivity contribution in [1.29, 1.82) is 0 Å². The van der Waals surface area contributed by atoms with E-state index in [2.05, 4.69) is 56.2 Å². The molecule has 0 fully saturated rings. The molecule has 2 unspecified atom stereocenters. The quantitative estimate of drug-likeness (QED) is 0.892. The molecule has 0 aliphatic rings. The van der Waals surface area contributed by atoms with E-state index in [1.54, 1.807) is 11.3 Å². The number of hydrogen-bond acceptors (Lipinski definition) is 3. The summed E-state index contributed by atoms with van der Waals surface area (Å²) in [6.45, 7) is 8.69. The van der Waals surface area contributed by atoms with E-state index in [4.69, 9.17) is 0 Å². The summed E-state index contributed by atoms with van der Waals surface area (Å²) < 4.78 is 0. The van der Waals surface area contributed by atoms with Gasteiger partial charge in [0, 0.05) is 17.6 Å². The molecule has 1 aromatic carbocycles. The minimum atomic E-state index is 0.292. The first-order valence-corrected chi connectivity index (χ1v) is 7.18. The molecule has 2 nitrogen and oxygen atoms in total. The van der Waals surface area contributed by atoms with Gasteiger partial charge in [0.15, 0.2) is 0 Å². The predicted molar refractivity (Wildman–Crippen MR) is 78.0 cm³/mol. The van der Waals surface area contributed by atoms with E-state index in [-0.39, 0.29) is 0 Å². The molecular formula is C15H20N2S. The lowest BCUT2D eigenvalue weighted by molar-refractivity contribution is 0.491. The Morgan fingerprint density at radius 3 is 2.61 bits per heavy atom. The summed E-state index contributed by atoms with van der Waals surface area (Å²) in [4.78, 5) is 4.36. The highest BCUT2D eigenvalue weighted by molar-refractivity contribution is 7.09. The molecule has 0 spiro atoms. The lowest BCUT2D eigenvalue weighted by atomic mass is 9.99. The summed E-state index contributed by atoms with van der Waals surface area (Å²) in [6.07, 6.45) is 1.86. The van der Waals surface area contributed by atoms with E-state index in [9.17, 15) is 0 Å². The normalized spacial score (nSPS) is 14.4. The second kappa shape index (κ2) is 5.63. The van der Waals surface area contributed by atoms with Crippen LogP contribution in [0.2, 0.25) is 0 Å². The molecule has 1 N–H and O–H groups in total. The molecule has 2 aromatic rings. The molecular weight excluding hydrogens is 240 g/mol. The van der Waals surface area contributed by atoms with Crippen LogP contribution in [0.5, 0.6) is 0 Å². The topological polar surface area (TPSA) is 24.9 Å². The predicted octanol–water partition coefficient (Wildman–Crippen LogP) is 4.17. The minimum Gasteiger partial charge on any atom is -0.302 e. The smallest absolute Gasteiger partial charge is 0.109 e. The number of benzene rings is 1. The number of aryl methyl sites for hydroxylation is 2. The van der Waals surface area contributed by atoms with Crippen molar-refractivity contribution < 1.29 is 0 Å². The highest BCUT2D eigenvalue weighted by Gasteiger charge is 2.14. The third kappa shape index (κ3) is 2.98. The number of rotatable bonds is 4. The van der Waals surface area contributed by atoms with Crippen LogP contribution < -0.4 is 5.32 Å². The van der Waals surface area contributed by atoms with Gasteiger partial charge < -0.3 is 5.32 Å². The van der Waals surface area contributed by atoms with E-state index in [1.807, 2.05) is 11.6 Å². The highest BCUT2D eigenvalue weighted by Crippen LogP contribution is 2.23. The summed E-state index contributed by atoms with van der Waals surface area (Å²) in [7, 11) is 0. The Labute approximate surface area is 113 Å². The Hall–Kier alpha value is -1.19. The zero-order valence-electron chi connectivity index (χ0n) is 11.4. The van der Waals surface area contributed by atoms with Gasteiger partial charge >= 0.3 is 0 Å².